The lowest BCUT2D eigenvalue weighted by Crippen LogP contribution is -2.57. The van der Waals surface area contributed by atoms with E-state index in [2.05, 4.69) is 29.1 Å². The molecule has 5 rings (SSSR count). The van der Waals surface area contributed by atoms with Gasteiger partial charge in [-0.1, -0.05) is 65.3 Å². The molecule has 0 saturated carbocycles. The molecule has 2 aromatic rings. The Bertz CT molecular complexity index is 1370. The van der Waals surface area contributed by atoms with E-state index < -0.39 is 29.6 Å². The molecule has 9 heteroatoms. The van der Waals surface area contributed by atoms with Crippen LogP contribution in [0.2, 0.25) is 0 Å². The van der Waals surface area contributed by atoms with Gasteiger partial charge in [-0.15, -0.1) is 13.2 Å². The van der Waals surface area contributed by atoms with Crippen LogP contribution >= 0.6 is 15.9 Å². The van der Waals surface area contributed by atoms with Gasteiger partial charge in [-0.25, -0.2) is 0 Å². The third-order valence-electron chi connectivity index (χ3n) is 8.89. The number of alkyl halides is 1. The maximum absolute atomic E-state index is 14.7. The molecule has 3 aliphatic heterocycles. The van der Waals surface area contributed by atoms with Crippen molar-refractivity contribution in [1.29, 1.82) is 0 Å². The molecular weight excluding hydrogens is 598 g/mol. The molecule has 2 aromatic carbocycles. The smallest absolute Gasteiger partial charge is 0.253 e. The summed E-state index contributed by atoms with van der Waals surface area (Å²) in [6.07, 6.45) is 5.11. The van der Waals surface area contributed by atoms with Crippen LogP contribution < -0.4 is 4.90 Å². The summed E-state index contributed by atoms with van der Waals surface area (Å²) in [4.78, 5) is 48.0. The molecule has 0 aliphatic carbocycles. The normalized spacial score (nSPS) is 27.7. The highest BCUT2D eigenvalue weighted by molar-refractivity contribution is 9.09. The van der Waals surface area contributed by atoms with Gasteiger partial charge in [0, 0.05) is 43.3 Å². The quantitative estimate of drug-likeness (QED) is 0.201. The first-order valence-electron chi connectivity index (χ1n) is 14.9. The van der Waals surface area contributed by atoms with Gasteiger partial charge in [0.2, 0.25) is 11.8 Å². The molecule has 1 N–H and O–H groups in total. The summed E-state index contributed by atoms with van der Waals surface area (Å²) >= 11 is 3.76. The van der Waals surface area contributed by atoms with Crippen molar-refractivity contribution in [3.63, 3.8) is 0 Å². The Morgan fingerprint density at radius 1 is 1.12 bits per heavy atom. The van der Waals surface area contributed by atoms with E-state index in [9.17, 15) is 19.5 Å². The Morgan fingerprint density at radius 2 is 1.86 bits per heavy atom. The second kappa shape index (κ2) is 12.7. The summed E-state index contributed by atoms with van der Waals surface area (Å²) in [5, 5.41) is 11.5. The topological polar surface area (TPSA) is 90.4 Å². The molecule has 1 spiro atoms. The van der Waals surface area contributed by atoms with Crippen molar-refractivity contribution in [3.05, 3.63) is 67.8 Å². The predicted octanol–water partition coefficient (Wildman–Crippen LogP) is 4.30. The molecule has 3 unspecified atom stereocenters. The fraction of sp³-hybridized carbons (Fsp3) is 0.485. The zero-order valence-corrected chi connectivity index (χ0v) is 25.7. The van der Waals surface area contributed by atoms with E-state index in [1.165, 1.54) is 0 Å². The second-order valence-electron chi connectivity index (χ2n) is 11.5. The SMILES string of the molecule is C=CCN(CCC)C(=O)[C@H]1[C@H]2C(=O)N(CCCCO)C(C(=O)N(CC=C)c3ccc4ccccc4c3)C23CC(Br)[C@@H]1O3. The summed E-state index contributed by atoms with van der Waals surface area (Å²) in [6, 6.07) is 12.9. The summed E-state index contributed by atoms with van der Waals surface area (Å²) in [5.74, 6) is -2.08. The zero-order valence-electron chi connectivity index (χ0n) is 24.2. The summed E-state index contributed by atoms with van der Waals surface area (Å²) < 4.78 is 6.71. The molecule has 3 heterocycles. The number of ether oxygens (including phenoxy) is 1. The lowest BCUT2D eigenvalue weighted by molar-refractivity contribution is -0.145. The van der Waals surface area contributed by atoms with E-state index in [-0.39, 0.29) is 35.7 Å². The molecule has 224 valence electrons. The van der Waals surface area contributed by atoms with E-state index in [4.69, 9.17) is 4.74 Å². The minimum atomic E-state index is -1.14. The van der Waals surface area contributed by atoms with Crippen LogP contribution in [0.1, 0.15) is 32.6 Å². The van der Waals surface area contributed by atoms with Crippen LogP contribution in [0.15, 0.2) is 67.8 Å². The fourth-order valence-electron chi connectivity index (χ4n) is 7.20. The number of aliphatic hydroxyl groups excluding tert-OH is 1. The van der Waals surface area contributed by atoms with Crippen LogP contribution in [0, 0.1) is 11.8 Å². The molecule has 0 radical (unpaired) electrons. The maximum Gasteiger partial charge on any atom is 0.253 e. The first-order valence-corrected chi connectivity index (χ1v) is 15.8. The number of halogens is 1. The maximum atomic E-state index is 14.7. The average molecular weight is 639 g/mol. The molecule has 3 amide bonds. The van der Waals surface area contributed by atoms with E-state index >= 15 is 0 Å². The molecule has 2 bridgehead atoms. The predicted molar refractivity (Wildman–Crippen MR) is 167 cm³/mol. The third-order valence-corrected chi connectivity index (χ3v) is 9.74. The van der Waals surface area contributed by atoms with Crippen molar-refractivity contribution >= 4 is 50.1 Å². The number of nitrogens with zero attached hydrogens (tertiary/aromatic N) is 3. The minimum absolute atomic E-state index is 0.00835. The molecular formula is C33H40BrN3O5. The van der Waals surface area contributed by atoms with Gasteiger partial charge >= 0.3 is 0 Å². The van der Waals surface area contributed by atoms with Crippen molar-refractivity contribution in [1.82, 2.24) is 9.80 Å². The van der Waals surface area contributed by atoms with E-state index in [0.29, 0.717) is 44.6 Å². The Hall–Kier alpha value is -3.01. The van der Waals surface area contributed by atoms with Gasteiger partial charge in [0.05, 0.1) is 17.9 Å². The van der Waals surface area contributed by atoms with Gasteiger partial charge < -0.3 is 24.5 Å². The summed E-state index contributed by atoms with van der Waals surface area (Å²) in [5.41, 5.74) is -0.439. The number of carbonyl (C=O) groups excluding carboxylic acids is 3. The Balaban J connectivity index is 1.57. The number of rotatable bonds is 13. The number of amides is 3. The zero-order chi connectivity index (χ0) is 30.0. The van der Waals surface area contributed by atoms with Crippen LogP contribution in [-0.2, 0) is 19.1 Å². The Labute approximate surface area is 256 Å². The first-order chi connectivity index (χ1) is 20.3. The van der Waals surface area contributed by atoms with Gasteiger partial charge in [-0.3, -0.25) is 14.4 Å². The van der Waals surface area contributed by atoms with Gasteiger partial charge in [-0.05, 0) is 48.6 Å². The van der Waals surface area contributed by atoms with Crippen LogP contribution in [-0.4, -0.2) is 88.0 Å². The lowest BCUT2D eigenvalue weighted by atomic mass is 9.70. The molecule has 3 saturated heterocycles. The largest absolute Gasteiger partial charge is 0.396 e. The number of anilines is 1. The third kappa shape index (κ3) is 5.09. The number of carbonyl (C=O) groups is 3. The number of hydrogen-bond acceptors (Lipinski definition) is 5. The number of benzene rings is 2. The van der Waals surface area contributed by atoms with Gasteiger partial charge in [0.1, 0.15) is 11.6 Å². The standard InChI is InChI=1S/C33H40BrN3O5/c1-4-15-35(16-5-2)30(39)26-27-31(40)37(18-9-10-19-38)29(33(27)21-25(34)28(26)42-33)32(41)36(17-6-3)24-14-13-22-11-7-8-12-23(22)20-24/h4,6-8,11-14,20,25-29,38H,1,3,5,9-10,15-19,21H2,2H3/t25?,26-,27-,28-,29?,33?/m0/s1. The molecule has 3 aliphatic rings. The second-order valence-corrected chi connectivity index (χ2v) is 12.6. The van der Waals surface area contributed by atoms with E-state index in [0.717, 1.165) is 17.2 Å². The summed E-state index contributed by atoms with van der Waals surface area (Å²) in [7, 11) is 0. The van der Waals surface area contributed by atoms with Gasteiger partial charge in [-0.2, -0.15) is 0 Å². The van der Waals surface area contributed by atoms with Crippen LogP contribution in [0.25, 0.3) is 10.8 Å². The highest BCUT2D eigenvalue weighted by Gasteiger charge is 2.76. The number of likely N-dealkylation sites (tertiary alicyclic amines) is 1. The minimum Gasteiger partial charge on any atom is -0.396 e. The Morgan fingerprint density at radius 3 is 2.55 bits per heavy atom. The molecule has 8 nitrogen and oxygen atoms in total. The number of hydrogen-bond donors (Lipinski definition) is 1. The van der Waals surface area contributed by atoms with Crippen LogP contribution in [0.4, 0.5) is 5.69 Å². The van der Waals surface area contributed by atoms with Gasteiger partial charge in [0.25, 0.3) is 5.91 Å². The number of fused-ring (bicyclic) bond motifs is 2. The molecule has 42 heavy (non-hydrogen) atoms. The van der Waals surface area contributed by atoms with Crippen molar-refractivity contribution < 1.29 is 24.2 Å². The average Bonchev–Trinajstić information content (AvgIpc) is 3.58. The molecule has 3 fully saturated rings. The number of unbranched alkanes of at least 4 members (excludes halogenated alkanes) is 1. The summed E-state index contributed by atoms with van der Waals surface area (Å²) in [6.45, 7) is 11.2. The van der Waals surface area contributed by atoms with Crippen molar-refractivity contribution in [2.24, 2.45) is 11.8 Å². The van der Waals surface area contributed by atoms with E-state index in [1.54, 1.807) is 26.9 Å². The first kappa shape index (κ1) is 30.4. The highest BCUT2D eigenvalue weighted by atomic mass is 79.9. The van der Waals surface area contributed by atoms with E-state index in [1.807, 2.05) is 49.4 Å². The molecule has 0 aromatic heterocycles. The Kier molecular flexibility index (Phi) is 9.20. The van der Waals surface area contributed by atoms with Crippen molar-refractivity contribution in [3.8, 4) is 0 Å². The van der Waals surface area contributed by atoms with Gasteiger partial charge in [0.15, 0.2) is 0 Å². The number of aliphatic hydroxyl groups is 1. The van der Waals surface area contributed by atoms with Crippen molar-refractivity contribution in [2.45, 2.75) is 55.2 Å². The van der Waals surface area contributed by atoms with Crippen molar-refractivity contribution in [2.75, 3.05) is 37.7 Å². The van der Waals surface area contributed by atoms with Crippen LogP contribution in [0.3, 0.4) is 0 Å². The monoisotopic (exact) mass is 637 g/mol. The molecule has 6 atom stereocenters. The fourth-order valence-corrected chi connectivity index (χ4v) is 8.14. The highest BCUT2D eigenvalue weighted by Crippen LogP contribution is 2.60. The lowest BCUT2D eigenvalue weighted by Gasteiger charge is -2.37. The van der Waals surface area contributed by atoms with Crippen LogP contribution in [0.5, 0.6) is 0 Å².